The fraction of sp³-hybridized carbons (Fsp3) is 0.212. The highest BCUT2D eigenvalue weighted by molar-refractivity contribution is 5.98. The van der Waals surface area contributed by atoms with Crippen molar-refractivity contribution in [1.82, 2.24) is 4.90 Å². The van der Waals surface area contributed by atoms with Crippen LogP contribution in [0.2, 0.25) is 0 Å². The van der Waals surface area contributed by atoms with Crippen LogP contribution in [0.1, 0.15) is 39.8 Å². The second-order valence-electron chi connectivity index (χ2n) is 9.54. The molecule has 6 rings (SSSR count). The van der Waals surface area contributed by atoms with Crippen molar-refractivity contribution >= 4 is 11.3 Å². The molecule has 0 aromatic heterocycles. The van der Waals surface area contributed by atoms with E-state index in [2.05, 4.69) is 102 Å². The Kier molecular flexibility index (Phi) is 6.09. The summed E-state index contributed by atoms with van der Waals surface area (Å²) in [7, 11) is 5.12. The minimum atomic E-state index is 0.158. The average Bonchev–Trinajstić information content (AvgIpc) is 3.33. The van der Waals surface area contributed by atoms with Gasteiger partial charge in [0.25, 0.3) is 0 Å². The van der Waals surface area contributed by atoms with Crippen LogP contribution in [0.4, 0.5) is 0 Å². The molecule has 0 aliphatic carbocycles. The lowest BCUT2D eigenvalue weighted by molar-refractivity contribution is 0.297. The molecule has 2 aliphatic rings. The normalized spacial score (nSPS) is 18.3. The van der Waals surface area contributed by atoms with Gasteiger partial charge in [0, 0.05) is 23.7 Å². The van der Waals surface area contributed by atoms with Gasteiger partial charge in [0.05, 0.1) is 27.4 Å². The summed E-state index contributed by atoms with van der Waals surface area (Å²) in [6.45, 7) is 0.931. The molecule has 186 valence electrons. The Morgan fingerprint density at radius 2 is 1.30 bits per heavy atom. The zero-order chi connectivity index (χ0) is 25.4. The summed E-state index contributed by atoms with van der Waals surface area (Å²) in [6, 6.07) is 34.8. The van der Waals surface area contributed by atoms with Gasteiger partial charge in [0.15, 0.2) is 11.5 Å². The Morgan fingerprint density at radius 1 is 0.676 bits per heavy atom. The van der Waals surface area contributed by atoms with Crippen molar-refractivity contribution in [3.05, 3.63) is 125 Å². The largest absolute Gasteiger partial charge is 0.497 e. The monoisotopic (exact) mass is 489 g/mol. The molecule has 0 amide bonds. The number of rotatable bonds is 6. The van der Waals surface area contributed by atoms with Crippen molar-refractivity contribution in [2.24, 2.45) is 0 Å². The summed E-state index contributed by atoms with van der Waals surface area (Å²) in [5.74, 6) is 2.55. The van der Waals surface area contributed by atoms with Crippen molar-refractivity contribution < 1.29 is 14.2 Å². The quantitative estimate of drug-likeness (QED) is 0.292. The van der Waals surface area contributed by atoms with Crippen LogP contribution in [0, 0.1) is 0 Å². The van der Waals surface area contributed by atoms with Gasteiger partial charge in [-0.2, -0.15) is 0 Å². The molecule has 0 fully saturated rings. The van der Waals surface area contributed by atoms with Crippen molar-refractivity contribution in [3.63, 3.8) is 0 Å². The molecule has 2 aliphatic heterocycles. The minimum absolute atomic E-state index is 0.158. The Hall–Kier alpha value is -4.18. The Morgan fingerprint density at radius 3 is 1.92 bits per heavy atom. The lowest BCUT2D eigenvalue weighted by Crippen LogP contribution is -2.31. The molecule has 0 unspecified atom stereocenters. The molecular formula is C33H31NO3. The van der Waals surface area contributed by atoms with E-state index in [0.29, 0.717) is 0 Å². The maximum Gasteiger partial charge on any atom is 0.161 e. The molecule has 4 aromatic rings. The zero-order valence-electron chi connectivity index (χ0n) is 21.5. The summed E-state index contributed by atoms with van der Waals surface area (Å²) in [4.78, 5) is 2.61. The zero-order valence-corrected chi connectivity index (χ0v) is 21.5. The van der Waals surface area contributed by atoms with E-state index >= 15 is 0 Å². The van der Waals surface area contributed by atoms with Gasteiger partial charge in [-0.25, -0.2) is 0 Å². The summed E-state index contributed by atoms with van der Waals surface area (Å²) < 4.78 is 16.9. The van der Waals surface area contributed by atoms with Crippen molar-refractivity contribution in [3.8, 4) is 17.2 Å². The van der Waals surface area contributed by atoms with Gasteiger partial charge >= 0.3 is 0 Å². The van der Waals surface area contributed by atoms with Crippen LogP contribution in [-0.4, -0.2) is 32.8 Å². The SMILES string of the molecule is COc1ccc(C2=C3c4cc(OC)c(OC)cc4CCN3[C@@H](c3ccccc3)[C@@H]2c2ccccc2)cc1. The highest BCUT2D eigenvalue weighted by atomic mass is 16.5. The fourth-order valence-corrected chi connectivity index (χ4v) is 6.04. The number of fused-ring (bicyclic) bond motifs is 3. The molecule has 2 heterocycles. The van der Waals surface area contributed by atoms with Crippen LogP contribution in [0.15, 0.2) is 97.1 Å². The second-order valence-corrected chi connectivity index (χ2v) is 9.54. The van der Waals surface area contributed by atoms with E-state index < -0.39 is 0 Å². The molecule has 0 saturated carbocycles. The van der Waals surface area contributed by atoms with E-state index in [-0.39, 0.29) is 12.0 Å². The lowest BCUT2D eigenvalue weighted by Gasteiger charge is -2.37. The van der Waals surface area contributed by atoms with Gasteiger partial charge in [0.1, 0.15) is 5.75 Å². The molecule has 4 nitrogen and oxygen atoms in total. The molecular weight excluding hydrogens is 458 g/mol. The molecule has 0 saturated heterocycles. The number of benzene rings is 4. The Labute approximate surface area is 218 Å². The Bertz CT molecular complexity index is 1430. The van der Waals surface area contributed by atoms with Crippen LogP contribution in [-0.2, 0) is 6.42 Å². The van der Waals surface area contributed by atoms with Crippen LogP contribution in [0.5, 0.6) is 17.2 Å². The van der Waals surface area contributed by atoms with E-state index in [9.17, 15) is 0 Å². The average molecular weight is 490 g/mol. The number of ether oxygens (including phenoxy) is 3. The van der Waals surface area contributed by atoms with Crippen molar-refractivity contribution in [2.45, 2.75) is 18.4 Å². The van der Waals surface area contributed by atoms with Gasteiger partial charge < -0.3 is 19.1 Å². The van der Waals surface area contributed by atoms with Gasteiger partial charge in [0.2, 0.25) is 0 Å². The standard InChI is InChI=1S/C33H31NO3/c1-35-26-16-14-23(15-17-26)31-30(22-10-6-4-7-11-22)32(24-12-8-5-9-13-24)34-19-18-25-20-28(36-2)29(37-3)21-27(25)33(31)34/h4-17,20-21,30,32H,18-19H2,1-3H3/t30-,32+/m1/s1. The summed E-state index contributed by atoms with van der Waals surface area (Å²) in [5, 5.41) is 0. The number of nitrogens with zero attached hydrogens (tertiary/aromatic N) is 1. The van der Waals surface area contributed by atoms with E-state index in [1.807, 2.05) is 0 Å². The highest BCUT2D eigenvalue weighted by Crippen LogP contribution is 2.58. The van der Waals surface area contributed by atoms with Gasteiger partial charge in [-0.1, -0.05) is 72.8 Å². The molecule has 0 N–H and O–H groups in total. The first-order valence-electron chi connectivity index (χ1n) is 12.7. The summed E-state index contributed by atoms with van der Waals surface area (Å²) >= 11 is 0. The number of hydrogen-bond acceptors (Lipinski definition) is 4. The molecule has 0 radical (unpaired) electrons. The van der Waals surface area contributed by atoms with E-state index in [1.54, 1.807) is 21.3 Å². The third kappa shape index (κ3) is 3.93. The van der Waals surface area contributed by atoms with E-state index in [1.165, 1.54) is 39.1 Å². The third-order valence-electron chi connectivity index (χ3n) is 7.69. The molecule has 37 heavy (non-hydrogen) atoms. The molecule has 2 atom stereocenters. The molecule has 0 bridgehead atoms. The number of methoxy groups -OCH3 is 3. The van der Waals surface area contributed by atoms with Crippen LogP contribution in [0.3, 0.4) is 0 Å². The van der Waals surface area contributed by atoms with Gasteiger partial charge in [-0.05, 0) is 58.5 Å². The first-order valence-corrected chi connectivity index (χ1v) is 12.7. The van der Waals surface area contributed by atoms with E-state index in [4.69, 9.17) is 14.2 Å². The van der Waals surface area contributed by atoms with Crippen LogP contribution in [0.25, 0.3) is 11.3 Å². The van der Waals surface area contributed by atoms with Crippen molar-refractivity contribution in [2.75, 3.05) is 27.9 Å². The summed E-state index contributed by atoms with van der Waals surface area (Å²) in [6.07, 6.45) is 0.944. The second kappa shape index (κ2) is 9.70. The number of hydrogen-bond donors (Lipinski definition) is 0. The van der Waals surface area contributed by atoms with Crippen LogP contribution >= 0.6 is 0 Å². The topological polar surface area (TPSA) is 30.9 Å². The third-order valence-corrected chi connectivity index (χ3v) is 7.69. The minimum Gasteiger partial charge on any atom is -0.497 e. The maximum absolute atomic E-state index is 5.76. The first kappa shape index (κ1) is 23.2. The Balaban J connectivity index is 1.65. The van der Waals surface area contributed by atoms with Crippen LogP contribution < -0.4 is 14.2 Å². The summed E-state index contributed by atoms with van der Waals surface area (Å²) in [5.41, 5.74) is 8.94. The van der Waals surface area contributed by atoms with Crippen molar-refractivity contribution in [1.29, 1.82) is 0 Å². The molecule has 4 heteroatoms. The van der Waals surface area contributed by atoms with Gasteiger partial charge in [-0.3, -0.25) is 0 Å². The predicted octanol–water partition coefficient (Wildman–Crippen LogP) is 6.98. The first-order chi connectivity index (χ1) is 18.2. The molecule has 0 spiro atoms. The molecule has 4 aromatic carbocycles. The van der Waals surface area contributed by atoms with E-state index in [0.717, 1.165) is 30.2 Å². The van der Waals surface area contributed by atoms with Gasteiger partial charge in [-0.15, -0.1) is 0 Å². The fourth-order valence-electron chi connectivity index (χ4n) is 6.04. The highest BCUT2D eigenvalue weighted by Gasteiger charge is 2.45. The predicted molar refractivity (Wildman–Crippen MR) is 148 cm³/mol. The smallest absolute Gasteiger partial charge is 0.161 e. The lowest BCUT2D eigenvalue weighted by atomic mass is 9.80. The maximum atomic E-state index is 5.76.